The number of anilines is 1. The van der Waals surface area contributed by atoms with Gasteiger partial charge in [-0.25, -0.2) is 4.90 Å². The Bertz CT molecular complexity index is 1040. The molecule has 2 aromatic carbocycles. The van der Waals surface area contributed by atoms with Gasteiger partial charge in [0.1, 0.15) is 5.41 Å². The summed E-state index contributed by atoms with van der Waals surface area (Å²) in [5.74, 6) is -2.37. The first kappa shape index (κ1) is 20.4. The Morgan fingerprint density at radius 2 is 1.72 bits per heavy atom. The summed E-state index contributed by atoms with van der Waals surface area (Å²) >= 11 is 15.5. The van der Waals surface area contributed by atoms with Crippen LogP contribution in [0.15, 0.2) is 46.9 Å². The third kappa shape index (κ3) is 2.62. The van der Waals surface area contributed by atoms with Crippen LogP contribution in [-0.2, 0) is 24.5 Å². The Hall–Kier alpha value is -1.89. The van der Waals surface area contributed by atoms with Gasteiger partial charge in [0, 0.05) is 14.5 Å². The predicted molar refractivity (Wildman–Crippen MR) is 113 cm³/mol. The fourth-order valence-electron chi connectivity index (χ4n) is 4.59. The lowest BCUT2D eigenvalue weighted by Gasteiger charge is -2.27. The van der Waals surface area contributed by atoms with E-state index in [-0.39, 0.29) is 6.61 Å². The van der Waals surface area contributed by atoms with E-state index in [2.05, 4.69) is 15.9 Å². The molecule has 1 aliphatic heterocycles. The van der Waals surface area contributed by atoms with Crippen LogP contribution in [-0.4, -0.2) is 24.4 Å². The smallest absolute Gasteiger partial charge is 0.318 e. The van der Waals surface area contributed by atoms with Gasteiger partial charge in [-0.15, -0.1) is 0 Å². The van der Waals surface area contributed by atoms with Crippen molar-refractivity contribution in [2.75, 3.05) is 11.5 Å². The number of hydrogen-bond acceptors (Lipinski definition) is 4. The van der Waals surface area contributed by atoms with Gasteiger partial charge in [0.25, 0.3) is 0 Å². The summed E-state index contributed by atoms with van der Waals surface area (Å²) in [5.41, 5.74) is -1.73. The van der Waals surface area contributed by atoms with Gasteiger partial charge in [-0.2, -0.15) is 0 Å². The van der Waals surface area contributed by atoms with Crippen molar-refractivity contribution in [3.8, 4) is 0 Å². The van der Waals surface area contributed by atoms with Crippen LogP contribution in [0, 0.1) is 11.3 Å². The number of carbonyl (C=O) groups excluding carboxylic acids is 3. The molecule has 0 unspecified atom stereocenters. The topological polar surface area (TPSA) is 63.7 Å². The van der Waals surface area contributed by atoms with Crippen molar-refractivity contribution >= 4 is 62.6 Å². The first-order chi connectivity index (χ1) is 13.7. The third-order valence-corrected chi connectivity index (χ3v) is 6.83. The van der Waals surface area contributed by atoms with E-state index in [1.54, 1.807) is 38.1 Å². The maximum Gasteiger partial charge on any atom is 0.318 e. The average Bonchev–Trinajstić information content (AvgIpc) is 3.17. The Kier molecular flexibility index (Phi) is 4.80. The zero-order chi connectivity index (χ0) is 21.1. The molecule has 2 fully saturated rings. The molecule has 1 saturated carbocycles. The number of imide groups is 1. The molecule has 0 aromatic heterocycles. The number of fused-ring (bicyclic) bond motifs is 1. The van der Waals surface area contributed by atoms with E-state index in [1.807, 2.05) is 0 Å². The minimum absolute atomic E-state index is 0.149. The van der Waals surface area contributed by atoms with Crippen molar-refractivity contribution in [2.24, 2.45) is 11.3 Å². The summed E-state index contributed by atoms with van der Waals surface area (Å²) in [6.07, 6.45) is 0. The van der Waals surface area contributed by atoms with Crippen molar-refractivity contribution in [3.05, 3.63) is 62.5 Å². The second kappa shape index (κ2) is 6.83. The second-order valence-corrected chi connectivity index (χ2v) is 9.07. The molecule has 3 atom stereocenters. The van der Waals surface area contributed by atoms with Gasteiger partial charge < -0.3 is 4.74 Å². The number of hydrogen-bond donors (Lipinski definition) is 0. The van der Waals surface area contributed by atoms with E-state index in [4.69, 9.17) is 27.9 Å². The van der Waals surface area contributed by atoms with Gasteiger partial charge in [0.05, 0.1) is 23.6 Å². The number of piperidine rings is 1. The van der Waals surface area contributed by atoms with Crippen LogP contribution in [0.3, 0.4) is 0 Å². The highest BCUT2D eigenvalue weighted by atomic mass is 79.9. The Balaban J connectivity index is 1.83. The number of benzene rings is 2. The predicted octanol–water partition coefficient (Wildman–Crippen LogP) is 4.77. The van der Waals surface area contributed by atoms with Gasteiger partial charge in [-0.1, -0.05) is 51.3 Å². The first-order valence-corrected chi connectivity index (χ1v) is 10.5. The maximum atomic E-state index is 13.5. The van der Waals surface area contributed by atoms with E-state index in [9.17, 15) is 14.4 Å². The van der Waals surface area contributed by atoms with Gasteiger partial charge in [0.2, 0.25) is 11.8 Å². The first-order valence-electron chi connectivity index (χ1n) is 8.97. The van der Waals surface area contributed by atoms with Crippen LogP contribution >= 0.6 is 39.1 Å². The molecule has 29 heavy (non-hydrogen) atoms. The van der Waals surface area contributed by atoms with Crippen molar-refractivity contribution in [2.45, 2.75) is 19.3 Å². The molecule has 5 nitrogen and oxygen atoms in total. The number of halogens is 3. The van der Waals surface area contributed by atoms with E-state index >= 15 is 0 Å². The Morgan fingerprint density at radius 3 is 2.21 bits per heavy atom. The molecule has 4 rings (SSSR count). The lowest BCUT2D eigenvalue weighted by Crippen LogP contribution is -2.45. The van der Waals surface area contributed by atoms with Crippen LogP contribution in [0.5, 0.6) is 0 Å². The molecule has 0 bridgehead atoms. The summed E-state index contributed by atoms with van der Waals surface area (Å²) in [4.78, 5) is 41.0. The molecule has 8 heteroatoms. The Morgan fingerprint density at radius 1 is 1.14 bits per heavy atom. The molecule has 2 aromatic rings. The molecule has 0 spiro atoms. The van der Waals surface area contributed by atoms with E-state index < -0.39 is 34.5 Å². The number of amides is 2. The van der Waals surface area contributed by atoms with Crippen molar-refractivity contribution < 1.29 is 19.1 Å². The SMILES string of the molecule is CCOC(=O)[C@]1(c2ccc(Br)cc2)[C@H]2C(=O)N(c3cc(Cl)cc(Cl)c3)C(=O)[C@]21C. The van der Waals surface area contributed by atoms with Gasteiger partial charge in [-0.05, 0) is 49.7 Å². The number of esters is 1. The van der Waals surface area contributed by atoms with Crippen molar-refractivity contribution in [1.29, 1.82) is 0 Å². The summed E-state index contributed by atoms with van der Waals surface area (Å²) in [6, 6.07) is 11.6. The summed E-state index contributed by atoms with van der Waals surface area (Å²) in [5, 5.41) is 0.617. The summed E-state index contributed by atoms with van der Waals surface area (Å²) in [6.45, 7) is 3.48. The summed E-state index contributed by atoms with van der Waals surface area (Å²) < 4.78 is 6.14. The van der Waals surface area contributed by atoms with Crippen molar-refractivity contribution in [3.63, 3.8) is 0 Å². The summed E-state index contributed by atoms with van der Waals surface area (Å²) in [7, 11) is 0. The molecule has 150 valence electrons. The van der Waals surface area contributed by atoms with Gasteiger partial charge in [-0.3, -0.25) is 14.4 Å². The molecule has 1 saturated heterocycles. The number of ether oxygens (including phenoxy) is 1. The number of carbonyl (C=O) groups is 3. The lowest BCUT2D eigenvalue weighted by molar-refractivity contribution is -0.150. The Labute approximate surface area is 186 Å². The molecule has 2 amide bonds. The molecular formula is C21H16BrCl2NO4. The average molecular weight is 497 g/mol. The van der Waals surface area contributed by atoms with E-state index in [0.717, 1.165) is 9.37 Å². The molecule has 1 heterocycles. The highest BCUT2D eigenvalue weighted by Gasteiger charge is 2.90. The van der Waals surface area contributed by atoms with Crippen LogP contribution in [0.1, 0.15) is 19.4 Å². The minimum atomic E-state index is -1.35. The highest BCUT2D eigenvalue weighted by Crippen LogP contribution is 2.74. The van der Waals surface area contributed by atoms with Crippen LogP contribution < -0.4 is 4.90 Å². The van der Waals surface area contributed by atoms with E-state index in [0.29, 0.717) is 21.3 Å². The van der Waals surface area contributed by atoms with Gasteiger partial charge >= 0.3 is 5.97 Å². The fraction of sp³-hybridized carbons (Fsp3) is 0.286. The van der Waals surface area contributed by atoms with Crippen LogP contribution in [0.2, 0.25) is 10.0 Å². The monoisotopic (exact) mass is 495 g/mol. The zero-order valence-electron chi connectivity index (χ0n) is 15.5. The minimum Gasteiger partial charge on any atom is -0.465 e. The molecule has 0 N–H and O–H groups in total. The second-order valence-electron chi connectivity index (χ2n) is 7.28. The number of rotatable bonds is 4. The third-order valence-electron chi connectivity index (χ3n) is 5.86. The quantitative estimate of drug-likeness (QED) is 0.452. The largest absolute Gasteiger partial charge is 0.465 e. The zero-order valence-corrected chi connectivity index (χ0v) is 18.6. The van der Waals surface area contributed by atoms with Crippen molar-refractivity contribution in [1.82, 2.24) is 0 Å². The fourth-order valence-corrected chi connectivity index (χ4v) is 5.37. The lowest BCUT2D eigenvalue weighted by atomic mass is 9.85. The molecule has 2 aliphatic rings. The maximum absolute atomic E-state index is 13.5. The molecular weight excluding hydrogens is 481 g/mol. The van der Waals surface area contributed by atoms with Crippen LogP contribution in [0.25, 0.3) is 0 Å². The molecule has 0 radical (unpaired) electrons. The number of nitrogens with zero attached hydrogens (tertiary/aromatic N) is 1. The van der Waals surface area contributed by atoms with E-state index in [1.165, 1.54) is 18.2 Å². The highest BCUT2D eigenvalue weighted by molar-refractivity contribution is 9.10. The molecule has 1 aliphatic carbocycles. The standard InChI is InChI=1S/C21H16BrCl2NO4/c1-3-29-19(28)21(11-4-6-12(22)7-5-11)16-17(26)25(18(27)20(16,21)2)15-9-13(23)8-14(24)10-15/h4-10,16H,3H2,1-2H3/t16-,20-,21-/m0/s1. The van der Waals surface area contributed by atoms with Gasteiger partial charge in [0.15, 0.2) is 0 Å². The van der Waals surface area contributed by atoms with Crippen LogP contribution in [0.4, 0.5) is 5.69 Å². The normalized spacial score (nSPS) is 27.8.